The van der Waals surface area contributed by atoms with E-state index in [1.54, 1.807) is 0 Å². The smallest absolute Gasteiger partial charge is 0.271 e. The number of anilines is 1. The molecule has 0 aliphatic heterocycles. The normalized spacial score (nSPS) is 11.2. The van der Waals surface area contributed by atoms with E-state index in [1.807, 2.05) is 0 Å². The van der Waals surface area contributed by atoms with Crippen molar-refractivity contribution < 1.29 is 9.18 Å². The molecular weight excluding hydrogens is 361 g/mol. The number of thiazole rings is 1. The molecule has 3 aromatic heterocycles. The van der Waals surface area contributed by atoms with Crippen LogP contribution < -0.4 is 10.9 Å². The van der Waals surface area contributed by atoms with Crippen LogP contribution in [0.2, 0.25) is 5.02 Å². The zero-order chi connectivity index (χ0) is 16.8. The maximum Gasteiger partial charge on any atom is 0.271 e. The van der Waals surface area contributed by atoms with Crippen LogP contribution in [0.1, 0.15) is 10.4 Å². The van der Waals surface area contributed by atoms with E-state index in [-0.39, 0.29) is 16.5 Å². The summed E-state index contributed by atoms with van der Waals surface area (Å²) in [5.41, 5.74) is -0.460. The largest absolute Gasteiger partial charge is 0.289 e. The minimum atomic E-state index is -0.729. The van der Waals surface area contributed by atoms with Gasteiger partial charge in [-0.15, -0.1) is 0 Å². The number of carbonyl (C=O) groups is 1. The van der Waals surface area contributed by atoms with Crippen molar-refractivity contribution in [2.45, 2.75) is 0 Å². The molecule has 3 heterocycles. The quantitative estimate of drug-likeness (QED) is 0.555. The number of benzene rings is 1. The summed E-state index contributed by atoms with van der Waals surface area (Å²) < 4.78 is 15.3. The van der Waals surface area contributed by atoms with E-state index < -0.39 is 17.3 Å². The number of carbonyl (C=O) groups excluding carboxylic acids is 1. The molecule has 1 aromatic carbocycles. The highest BCUT2D eigenvalue weighted by molar-refractivity contribution is 7.23. The molecule has 0 aliphatic rings. The maximum absolute atomic E-state index is 13.6. The average Bonchev–Trinajstić information content (AvgIpc) is 3.16. The van der Waals surface area contributed by atoms with Gasteiger partial charge in [-0.2, -0.15) is 0 Å². The van der Waals surface area contributed by atoms with Crippen LogP contribution in [0.15, 0.2) is 23.1 Å². The molecular formula is C12H5ClFN7O2S. The van der Waals surface area contributed by atoms with Crippen molar-refractivity contribution >= 4 is 50.0 Å². The Bertz CT molecular complexity index is 1150. The molecule has 0 fully saturated rings. The van der Waals surface area contributed by atoms with E-state index in [0.717, 1.165) is 17.5 Å². The standard InChI is InChI=1S/C12H5ClFN7O2S/c13-5-1-7-8(2-6(5)14)24-12-15-3-4(10(23)21(7)12)9(22)16-11-17-19-20-18-11/h1-3H,(H2,16,17,18,19,20,22). The summed E-state index contributed by atoms with van der Waals surface area (Å²) in [6.07, 6.45) is 1.14. The molecule has 9 nitrogen and oxygen atoms in total. The Labute approximate surface area is 140 Å². The highest BCUT2D eigenvalue weighted by Gasteiger charge is 2.18. The van der Waals surface area contributed by atoms with E-state index in [2.05, 4.69) is 30.9 Å². The van der Waals surface area contributed by atoms with Crippen molar-refractivity contribution in [1.29, 1.82) is 0 Å². The second-order valence-electron chi connectivity index (χ2n) is 4.64. The van der Waals surface area contributed by atoms with E-state index in [0.29, 0.717) is 15.2 Å². The number of halogens is 2. The van der Waals surface area contributed by atoms with Crippen LogP contribution in [0, 0.1) is 5.82 Å². The second-order valence-corrected chi connectivity index (χ2v) is 6.05. The van der Waals surface area contributed by atoms with Gasteiger partial charge in [-0.25, -0.2) is 14.5 Å². The van der Waals surface area contributed by atoms with Gasteiger partial charge in [0.25, 0.3) is 11.5 Å². The van der Waals surface area contributed by atoms with Crippen LogP contribution in [0.3, 0.4) is 0 Å². The van der Waals surface area contributed by atoms with E-state index >= 15 is 0 Å². The molecule has 0 atom stereocenters. The Morgan fingerprint density at radius 3 is 3.00 bits per heavy atom. The van der Waals surface area contributed by atoms with Crippen LogP contribution in [-0.4, -0.2) is 35.9 Å². The Morgan fingerprint density at radius 1 is 1.42 bits per heavy atom. The number of amides is 1. The lowest BCUT2D eigenvalue weighted by Gasteiger charge is -2.01. The minimum Gasteiger partial charge on any atom is -0.289 e. The highest BCUT2D eigenvalue weighted by Crippen LogP contribution is 2.28. The summed E-state index contributed by atoms with van der Waals surface area (Å²) >= 11 is 6.89. The first kappa shape index (κ1) is 14.7. The average molecular weight is 366 g/mol. The fourth-order valence-electron chi connectivity index (χ4n) is 2.14. The Kier molecular flexibility index (Phi) is 3.25. The number of aromatic nitrogens is 6. The van der Waals surface area contributed by atoms with Crippen LogP contribution in [0.5, 0.6) is 0 Å². The van der Waals surface area contributed by atoms with Gasteiger partial charge in [0.05, 0.1) is 15.2 Å². The van der Waals surface area contributed by atoms with Crippen molar-refractivity contribution in [3.05, 3.63) is 45.1 Å². The van der Waals surface area contributed by atoms with Crippen LogP contribution >= 0.6 is 22.9 Å². The van der Waals surface area contributed by atoms with Gasteiger partial charge in [-0.1, -0.05) is 28.0 Å². The Hall–Kier alpha value is -2.92. The predicted molar refractivity (Wildman–Crippen MR) is 83.9 cm³/mol. The summed E-state index contributed by atoms with van der Waals surface area (Å²) in [4.78, 5) is 29.2. The van der Waals surface area contributed by atoms with E-state index in [1.165, 1.54) is 16.5 Å². The molecule has 1 amide bonds. The van der Waals surface area contributed by atoms with Crippen molar-refractivity contribution in [2.24, 2.45) is 0 Å². The number of nitrogens with one attached hydrogen (secondary N) is 2. The molecule has 0 saturated heterocycles. The molecule has 0 bridgehead atoms. The predicted octanol–water partition coefficient (Wildman–Crippen LogP) is 1.47. The van der Waals surface area contributed by atoms with Gasteiger partial charge in [0.1, 0.15) is 11.4 Å². The Morgan fingerprint density at radius 2 is 2.25 bits per heavy atom. The van der Waals surface area contributed by atoms with E-state index in [9.17, 15) is 14.0 Å². The molecule has 0 spiro atoms. The number of fused-ring (bicyclic) bond motifs is 3. The number of rotatable bonds is 2. The first-order valence-electron chi connectivity index (χ1n) is 6.39. The first-order chi connectivity index (χ1) is 11.5. The summed E-state index contributed by atoms with van der Waals surface area (Å²) in [5.74, 6) is -1.34. The third-order valence-corrected chi connectivity index (χ3v) is 4.50. The molecule has 0 aliphatic carbocycles. The summed E-state index contributed by atoms with van der Waals surface area (Å²) in [6, 6.07) is 2.54. The third-order valence-electron chi connectivity index (χ3n) is 3.19. The number of aromatic amines is 1. The Balaban J connectivity index is 1.91. The van der Waals surface area contributed by atoms with Crippen molar-refractivity contribution in [2.75, 3.05) is 5.32 Å². The summed E-state index contributed by atoms with van der Waals surface area (Å²) in [5, 5.41) is 14.7. The van der Waals surface area contributed by atoms with Gasteiger partial charge in [0, 0.05) is 6.20 Å². The summed E-state index contributed by atoms with van der Waals surface area (Å²) in [7, 11) is 0. The van der Waals surface area contributed by atoms with Gasteiger partial charge in [-0.05, 0) is 22.6 Å². The fraction of sp³-hybridized carbons (Fsp3) is 0. The minimum absolute atomic E-state index is 0.00945. The zero-order valence-corrected chi connectivity index (χ0v) is 13.0. The number of hydrogen-bond acceptors (Lipinski definition) is 7. The SMILES string of the molecule is O=C(Nc1nnn[nH]1)c1cnc2sc3cc(F)c(Cl)cc3n2c1=O. The topological polar surface area (TPSA) is 118 Å². The molecule has 0 unspecified atom stereocenters. The van der Waals surface area contributed by atoms with Gasteiger partial charge >= 0.3 is 0 Å². The molecule has 24 heavy (non-hydrogen) atoms. The number of H-pyrrole nitrogens is 1. The van der Waals surface area contributed by atoms with Crippen molar-refractivity contribution in [3.63, 3.8) is 0 Å². The fourth-order valence-corrected chi connectivity index (χ4v) is 3.29. The lowest BCUT2D eigenvalue weighted by molar-refractivity contribution is 0.102. The van der Waals surface area contributed by atoms with Gasteiger partial charge in [0.2, 0.25) is 5.95 Å². The van der Waals surface area contributed by atoms with Crippen molar-refractivity contribution in [1.82, 2.24) is 30.0 Å². The van der Waals surface area contributed by atoms with Gasteiger partial charge in [-0.3, -0.25) is 19.3 Å². The molecule has 4 rings (SSSR count). The molecule has 0 saturated carbocycles. The second kappa shape index (κ2) is 5.32. The van der Waals surface area contributed by atoms with Crippen LogP contribution in [0.25, 0.3) is 15.2 Å². The molecule has 120 valence electrons. The highest BCUT2D eigenvalue weighted by atomic mass is 35.5. The van der Waals surface area contributed by atoms with Gasteiger partial charge < -0.3 is 0 Å². The lowest BCUT2D eigenvalue weighted by atomic mass is 10.3. The molecule has 4 aromatic rings. The maximum atomic E-state index is 13.6. The molecule has 0 radical (unpaired) electrons. The molecule has 12 heteroatoms. The first-order valence-corrected chi connectivity index (χ1v) is 7.58. The number of hydrogen-bond donors (Lipinski definition) is 2. The van der Waals surface area contributed by atoms with E-state index in [4.69, 9.17) is 11.6 Å². The van der Waals surface area contributed by atoms with Crippen LogP contribution in [-0.2, 0) is 0 Å². The number of tetrazole rings is 1. The monoisotopic (exact) mass is 365 g/mol. The lowest BCUT2D eigenvalue weighted by Crippen LogP contribution is -2.26. The summed E-state index contributed by atoms with van der Waals surface area (Å²) in [6.45, 7) is 0. The van der Waals surface area contributed by atoms with Crippen molar-refractivity contribution in [3.8, 4) is 0 Å². The zero-order valence-electron chi connectivity index (χ0n) is 11.4. The third kappa shape index (κ3) is 2.21. The molecule has 2 N–H and O–H groups in total. The number of nitrogens with zero attached hydrogens (tertiary/aromatic N) is 5. The van der Waals surface area contributed by atoms with Crippen LogP contribution in [0.4, 0.5) is 10.3 Å². The van der Waals surface area contributed by atoms with Gasteiger partial charge in [0.15, 0.2) is 4.96 Å².